The van der Waals surface area contributed by atoms with E-state index in [1.54, 1.807) is 18.1 Å². The van der Waals surface area contributed by atoms with Gasteiger partial charge in [-0.3, -0.25) is 0 Å². The molecule has 1 N–H and O–H groups in total. The van der Waals surface area contributed by atoms with E-state index in [0.29, 0.717) is 13.0 Å². The first kappa shape index (κ1) is 12.7. The number of nitrogens with zero attached hydrogens (tertiary/aromatic N) is 3. The third-order valence-electron chi connectivity index (χ3n) is 2.90. The van der Waals surface area contributed by atoms with Gasteiger partial charge in [0.2, 0.25) is 0 Å². The van der Waals surface area contributed by atoms with Crippen LogP contribution in [0.25, 0.3) is 0 Å². The molecule has 0 saturated carbocycles. The Morgan fingerprint density at radius 2 is 2.11 bits per heavy atom. The second-order valence-electron chi connectivity index (χ2n) is 4.08. The summed E-state index contributed by atoms with van der Waals surface area (Å²) < 4.78 is 6.76. The van der Waals surface area contributed by atoms with E-state index in [2.05, 4.69) is 10.1 Å². The van der Waals surface area contributed by atoms with Crippen molar-refractivity contribution in [3.8, 4) is 0 Å². The Labute approximate surface area is 106 Å². The van der Waals surface area contributed by atoms with Gasteiger partial charge in [-0.05, 0) is 12.0 Å². The second-order valence-corrected chi connectivity index (χ2v) is 4.08. The minimum atomic E-state index is -0.622. The van der Waals surface area contributed by atoms with Gasteiger partial charge in [0, 0.05) is 13.7 Å². The second kappa shape index (κ2) is 6.28. The van der Waals surface area contributed by atoms with Crippen LogP contribution in [0.4, 0.5) is 0 Å². The predicted octanol–water partition coefficient (Wildman–Crippen LogP) is 1.59. The van der Waals surface area contributed by atoms with Gasteiger partial charge in [0.25, 0.3) is 0 Å². The fourth-order valence-corrected chi connectivity index (χ4v) is 1.93. The lowest BCUT2D eigenvalue weighted by atomic mass is 10.0. The highest BCUT2D eigenvalue weighted by molar-refractivity contribution is 5.18. The van der Waals surface area contributed by atoms with E-state index in [4.69, 9.17) is 4.74 Å². The van der Waals surface area contributed by atoms with Crippen molar-refractivity contribution in [3.05, 3.63) is 48.5 Å². The van der Waals surface area contributed by atoms with Gasteiger partial charge in [0.1, 0.15) is 18.8 Å². The van der Waals surface area contributed by atoms with Crippen LogP contribution < -0.4 is 0 Å². The van der Waals surface area contributed by atoms with Crippen LogP contribution in [-0.2, 0) is 4.74 Å². The molecule has 1 aromatic heterocycles. The molecule has 2 unspecified atom stereocenters. The summed E-state index contributed by atoms with van der Waals surface area (Å²) in [6.45, 7) is 0.564. The fourth-order valence-electron chi connectivity index (χ4n) is 1.93. The SMILES string of the molecule is COCCC(C(O)c1ccccc1)n1cncn1. The number of rotatable bonds is 6. The predicted molar refractivity (Wildman–Crippen MR) is 67.0 cm³/mol. The average molecular weight is 247 g/mol. The standard InChI is InChI=1S/C13H17N3O2/c1-18-8-7-12(16-10-14-9-15-16)13(17)11-5-3-2-4-6-11/h2-6,9-10,12-13,17H,7-8H2,1H3. The van der Waals surface area contributed by atoms with Gasteiger partial charge in [-0.1, -0.05) is 30.3 Å². The summed E-state index contributed by atoms with van der Waals surface area (Å²) in [6.07, 6.45) is 3.14. The van der Waals surface area contributed by atoms with Crippen LogP contribution >= 0.6 is 0 Å². The number of aliphatic hydroxyl groups is 1. The molecule has 2 rings (SSSR count). The highest BCUT2D eigenvalue weighted by Gasteiger charge is 2.22. The van der Waals surface area contributed by atoms with Crippen LogP contribution in [0.2, 0.25) is 0 Å². The van der Waals surface area contributed by atoms with Crippen molar-refractivity contribution < 1.29 is 9.84 Å². The molecule has 1 heterocycles. The molecule has 96 valence electrons. The van der Waals surface area contributed by atoms with Crippen molar-refractivity contribution in [2.24, 2.45) is 0 Å². The first-order valence-electron chi connectivity index (χ1n) is 5.89. The van der Waals surface area contributed by atoms with E-state index in [0.717, 1.165) is 5.56 Å². The van der Waals surface area contributed by atoms with Crippen LogP contribution in [0.5, 0.6) is 0 Å². The zero-order valence-electron chi connectivity index (χ0n) is 10.3. The molecule has 2 atom stereocenters. The van der Waals surface area contributed by atoms with Crippen molar-refractivity contribution in [2.45, 2.75) is 18.6 Å². The van der Waals surface area contributed by atoms with Gasteiger partial charge in [0.15, 0.2) is 0 Å². The number of benzene rings is 1. The number of ether oxygens (including phenoxy) is 1. The molecule has 0 aliphatic rings. The average Bonchev–Trinajstić information content (AvgIpc) is 2.94. The number of hydrogen-bond donors (Lipinski definition) is 1. The zero-order chi connectivity index (χ0) is 12.8. The zero-order valence-corrected chi connectivity index (χ0v) is 10.3. The van der Waals surface area contributed by atoms with Gasteiger partial charge in [-0.2, -0.15) is 5.10 Å². The Kier molecular flexibility index (Phi) is 4.44. The Balaban J connectivity index is 2.18. The number of hydrogen-bond acceptors (Lipinski definition) is 4. The molecule has 0 aliphatic carbocycles. The van der Waals surface area contributed by atoms with E-state index in [-0.39, 0.29) is 6.04 Å². The number of aliphatic hydroxyl groups excluding tert-OH is 1. The topological polar surface area (TPSA) is 60.2 Å². The number of aromatic nitrogens is 3. The molecule has 0 fully saturated rings. The van der Waals surface area contributed by atoms with Crippen molar-refractivity contribution in [1.29, 1.82) is 0 Å². The Bertz CT molecular complexity index is 445. The molecule has 5 nitrogen and oxygen atoms in total. The van der Waals surface area contributed by atoms with Crippen LogP contribution in [0, 0.1) is 0 Å². The quantitative estimate of drug-likeness (QED) is 0.842. The Hall–Kier alpha value is -1.72. The minimum Gasteiger partial charge on any atom is -0.386 e. The number of methoxy groups -OCH3 is 1. The third-order valence-corrected chi connectivity index (χ3v) is 2.90. The lowest BCUT2D eigenvalue weighted by Crippen LogP contribution is -2.20. The minimum absolute atomic E-state index is 0.171. The largest absolute Gasteiger partial charge is 0.386 e. The van der Waals surface area contributed by atoms with Crippen LogP contribution in [0.3, 0.4) is 0 Å². The summed E-state index contributed by atoms with van der Waals surface area (Å²) in [5.41, 5.74) is 0.870. The van der Waals surface area contributed by atoms with Crippen molar-refractivity contribution in [2.75, 3.05) is 13.7 Å². The lowest BCUT2D eigenvalue weighted by molar-refractivity contribution is 0.0785. The van der Waals surface area contributed by atoms with E-state index in [1.165, 1.54) is 6.33 Å². The van der Waals surface area contributed by atoms with Gasteiger partial charge in [-0.25, -0.2) is 9.67 Å². The Morgan fingerprint density at radius 1 is 1.33 bits per heavy atom. The molecule has 5 heteroatoms. The smallest absolute Gasteiger partial charge is 0.137 e. The summed E-state index contributed by atoms with van der Waals surface area (Å²) >= 11 is 0. The maximum Gasteiger partial charge on any atom is 0.137 e. The summed E-state index contributed by atoms with van der Waals surface area (Å²) in [4.78, 5) is 3.93. The molecular weight excluding hydrogens is 230 g/mol. The van der Waals surface area contributed by atoms with Gasteiger partial charge >= 0.3 is 0 Å². The third kappa shape index (κ3) is 2.94. The summed E-state index contributed by atoms with van der Waals surface area (Å²) in [7, 11) is 1.65. The fraction of sp³-hybridized carbons (Fsp3) is 0.385. The molecule has 1 aromatic carbocycles. The van der Waals surface area contributed by atoms with E-state index in [9.17, 15) is 5.11 Å². The molecule has 0 bridgehead atoms. The molecular formula is C13H17N3O2. The highest BCUT2D eigenvalue weighted by Crippen LogP contribution is 2.28. The molecule has 0 spiro atoms. The summed E-state index contributed by atoms with van der Waals surface area (Å²) in [6, 6.07) is 9.38. The van der Waals surface area contributed by atoms with E-state index >= 15 is 0 Å². The van der Waals surface area contributed by atoms with Crippen LogP contribution in [-0.4, -0.2) is 33.6 Å². The summed E-state index contributed by atoms with van der Waals surface area (Å²) in [5, 5.41) is 14.5. The van der Waals surface area contributed by atoms with Gasteiger partial charge in [-0.15, -0.1) is 0 Å². The van der Waals surface area contributed by atoms with Gasteiger partial charge < -0.3 is 9.84 Å². The maximum absolute atomic E-state index is 10.4. The van der Waals surface area contributed by atoms with Crippen molar-refractivity contribution in [3.63, 3.8) is 0 Å². The normalized spacial score (nSPS) is 14.3. The molecule has 0 amide bonds. The molecule has 0 aliphatic heterocycles. The van der Waals surface area contributed by atoms with Crippen molar-refractivity contribution in [1.82, 2.24) is 14.8 Å². The Morgan fingerprint density at radius 3 is 2.72 bits per heavy atom. The molecule has 0 saturated heterocycles. The highest BCUT2D eigenvalue weighted by atomic mass is 16.5. The maximum atomic E-state index is 10.4. The first-order chi connectivity index (χ1) is 8.83. The molecule has 2 aromatic rings. The van der Waals surface area contributed by atoms with Gasteiger partial charge in [0.05, 0.1) is 6.04 Å². The van der Waals surface area contributed by atoms with Crippen LogP contribution in [0.15, 0.2) is 43.0 Å². The van der Waals surface area contributed by atoms with Crippen molar-refractivity contribution >= 4 is 0 Å². The molecule has 0 radical (unpaired) electrons. The van der Waals surface area contributed by atoms with E-state index < -0.39 is 6.10 Å². The molecule has 18 heavy (non-hydrogen) atoms. The lowest BCUT2D eigenvalue weighted by Gasteiger charge is -2.23. The first-order valence-corrected chi connectivity index (χ1v) is 5.89. The van der Waals surface area contributed by atoms with E-state index in [1.807, 2.05) is 30.3 Å². The monoisotopic (exact) mass is 247 g/mol. The summed E-state index contributed by atoms with van der Waals surface area (Å²) in [5.74, 6) is 0. The van der Waals surface area contributed by atoms with Crippen LogP contribution in [0.1, 0.15) is 24.1 Å².